The first kappa shape index (κ1) is 23.0. The van der Waals surface area contributed by atoms with Crippen LogP contribution in [0.1, 0.15) is 21.6 Å². The molecule has 4 rings (SSSR count). The molecule has 0 aliphatic carbocycles. The highest BCUT2D eigenvalue weighted by atomic mass is 35.5. The van der Waals surface area contributed by atoms with E-state index in [1.165, 1.54) is 12.3 Å². The summed E-state index contributed by atoms with van der Waals surface area (Å²) in [5.41, 5.74) is -1.18. The van der Waals surface area contributed by atoms with Crippen LogP contribution in [0.2, 0.25) is 10.0 Å². The summed E-state index contributed by atoms with van der Waals surface area (Å²) in [6, 6.07) is 8.05. The Hall–Kier alpha value is -3.15. The molecule has 0 aliphatic heterocycles. The molecule has 0 saturated heterocycles. The van der Waals surface area contributed by atoms with E-state index < -0.39 is 37.5 Å². The van der Waals surface area contributed by atoms with Crippen molar-refractivity contribution in [2.24, 2.45) is 0 Å². The van der Waals surface area contributed by atoms with Gasteiger partial charge in [-0.1, -0.05) is 35.3 Å². The number of aromatic nitrogens is 3. The number of sulfonamides is 1. The van der Waals surface area contributed by atoms with E-state index >= 15 is 0 Å². The van der Waals surface area contributed by atoms with Crippen molar-refractivity contribution in [3.63, 3.8) is 0 Å². The number of pyridine rings is 1. The van der Waals surface area contributed by atoms with Gasteiger partial charge in [0.05, 0.1) is 37.9 Å². The van der Waals surface area contributed by atoms with Gasteiger partial charge in [0.25, 0.3) is 10.0 Å². The van der Waals surface area contributed by atoms with Crippen LogP contribution in [0.5, 0.6) is 0 Å². The number of carbonyl (C=O) groups excluding carboxylic acids is 1. The summed E-state index contributed by atoms with van der Waals surface area (Å²) in [7, 11) is -4.58. The lowest BCUT2D eigenvalue weighted by Crippen LogP contribution is -2.18. The van der Waals surface area contributed by atoms with E-state index in [1.54, 1.807) is 12.1 Å². The molecule has 0 unspecified atom stereocenters. The first-order valence-corrected chi connectivity index (χ1v) is 11.2. The summed E-state index contributed by atoms with van der Waals surface area (Å²) >= 11 is 11.5. The molecular formula is C20H11Cl2F3N4O3S. The number of H-pyrrole nitrogens is 1. The van der Waals surface area contributed by atoms with Crippen molar-refractivity contribution < 1.29 is 26.4 Å². The molecule has 2 aromatic heterocycles. The van der Waals surface area contributed by atoms with Gasteiger partial charge in [-0.15, -0.1) is 0 Å². The van der Waals surface area contributed by atoms with Crippen LogP contribution in [0, 0.1) is 0 Å². The molecule has 2 N–H and O–H groups in total. The average Bonchev–Trinajstić information content (AvgIpc) is 3.21. The Kier molecular flexibility index (Phi) is 5.81. The number of hydrogen-bond donors (Lipinski definition) is 2. The number of fused-ring (bicyclic) bond motifs is 1. The normalized spacial score (nSPS) is 12.2. The molecule has 0 aliphatic rings. The lowest BCUT2D eigenvalue weighted by atomic mass is 10.0. The molecule has 13 heteroatoms. The van der Waals surface area contributed by atoms with Gasteiger partial charge >= 0.3 is 6.18 Å². The van der Waals surface area contributed by atoms with Gasteiger partial charge in [0.2, 0.25) is 5.78 Å². The van der Waals surface area contributed by atoms with Gasteiger partial charge in [0, 0.05) is 17.1 Å². The molecule has 0 radical (unpaired) electrons. The van der Waals surface area contributed by atoms with Crippen LogP contribution < -0.4 is 4.72 Å². The van der Waals surface area contributed by atoms with E-state index in [0.717, 1.165) is 24.4 Å². The summed E-state index contributed by atoms with van der Waals surface area (Å²) < 4.78 is 67.4. The van der Waals surface area contributed by atoms with Crippen LogP contribution in [0.15, 0.2) is 59.8 Å². The highest BCUT2D eigenvalue weighted by Crippen LogP contribution is 2.36. The molecule has 0 spiro atoms. The Bertz CT molecular complexity index is 1500. The first-order valence-electron chi connectivity index (χ1n) is 8.99. The number of halogens is 5. The third kappa shape index (κ3) is 4.52. The van der Waals surface area contributed by atoms with Crippen molar-refractivity contribution >= 4 is 55.6 Å². The molecule has 7 nitrogen and oxygen atoms in total. The Balaban J connectivity index is 1.78. The highest BCUT2D eigenvalue weighted by Gasteiger charge is 2.35. The zero-order valence-corrected chi connectivity index (χ0v) is 18.4. The standard InChI is InChI=1S/C20H11Cl2F3N4O3S/c21-10-6-17(29-33(31,32)11-4-5-15(22)14(7-11)20(23,24)25)18(26-8-10)19(30)12-2-1-3-16-13(12)9-27-28-16/h1-9,29H,(H,27,28). The number of ketones is 1. The summed E-state index contributed by atoms with van der Waals surface area (Å²) in [5.74, 6) is -0.650. The van der Waals surface area contributed by atoms with E-state index in [4.69, 9.17) is 23.2 Å². The quantitative estimate of drug-likeness (QED) is 0.351. The minimum atomic E-state index is -4.87. The van der Waals surface area contributed by atoms with E-state index in [-0.39, 0.29) is 22.0 Å². The van der Waals surface area contributed by atoms with Crippen molar-refractivity contribution in [3.05, 3.63) is 81.7 Å². The number of alkyl halides is 3. The van der Waals surface area contributed by atoms with Crippen LogP contribution in [0.25, 0.3) is 10.9 Å². The molecular weight excluding hydrogens is 504 g/mol. The Morgan fingerprint density at radius 2 is 1.82 bits per heavy atom. The molecule has 0 saturated carbocycles. The molecule has 4 aromatic rings. The van der Waals surface area contributed by atoms with Gasteiger partial charge in [-0.05, 0) is 30.3 Å². The maximum Gasteiger partial charge on any atom is 0.417 e. The third-order valence-corrected chi connectivity index (χ3v) is 6.50. The van der Waals surface area contributed by atoms with Crippen LogP contribution >= 0.6 is 23.2 Å². The third-order valence-electron chi connectivity index (χ3n) is 4.60. The minimum absolute atomic E-state index is 0.00198. The van der Waals surface area contributed by atoms with Crippen LogP contribution in [-0.4, -0.2) is 29.4 Å². The monoisotopic (exact) mass is 514 g/mol. The van der Waals surface area contributed by atoms with Crippen LogP contribution in [-0.2, 0) is 16.2 Å². The predicted molar refractivity (Wildman–Crippen MR) is 116 cm³/mol. The number of anilines is 1. The molecule has 2 heterocycles. The van der Waals surface area contributed by atoms with E-state index in [2.05, 4.69) is 19.9 Å². The average molecular weight is 515 g/mol. The Morgan fingerprint density at radius 3 is 2.55 bits per heavy atom. The smallest absolute Gasteiger partial charge is 0.287 e. The van der Waals surface area contributed by atoms with Crippen molar-refractivity contribution in [1.29, 1.82) is 0 Å². The molecule has 0 fully saturated rings. The van der Waals surface area contributed by atoms with Gasteiger partial charge in [-0.25, -0.2) is 13.4 Å². The fourth-order valence-corrected chi connectivity index (χ4v) is 4.55. The summed E-state index contributed by atoms with van der Waals surface area (Å²) in [6.45, 7) is 0. The maximum absolute atomic E-state index is 13.2. The van der Waals surface area contributed by atoms with E-state index in [0.29, 0.717) is 17.0 Å². The van der Waals surface area contributed by atoms with Crippen molar-refractivity contribution in [1.82, 2.24) is 15.2 Å². The van der Waals surface area contributed by atoms with Gasteiger partial charge in [0.1, 0.15) is 5.69 Å². The predicted octanol–water partition coefficient (Wildman–Crippen LogP) is 5.32. The number of nitrogens with one attached hydrogen (secondary N) is 2. The topological polar surface area (TPSA) is 105 Å². The molecule has 0 bridgehead atoms. The highest BCUT2D eigenvalue weighted by molar-refractivity contribution is 7.92. The second kappa shape index (κ2) is 8.32. The van der Waals surface area contributed by atoms with Crippen LogP contribution in [0.4, 0.5) is 18.9 Å². The second-order valence-electron chi connectivity index (χ2n) is 6.76. The van der Waals surface area contributed by atoms with E-state index in [9.17, 15) is 26.4 Å². The van der Waals surface area contributed by atoms with Crippen LogP contribution in [0.3, 0.4) is 0 Å². The Labute approximate surface area is 194 Å². The molecule has 33 heavy (non-hydrogen) atoms. The number of rotatable bonds is 5. The zero-order chi connectivity index (χ0) is 24.0. The van der Waals surface area contributed by atoms with E-state index in [1.807, 2.05) is 0 Å². The fraction of sp³-hybridized carbons (Fsp3) is 0.0500. The molecule has 170 valence electrons. The maximum atomic E-state index is 13.2. The van der Waals surface area contributed by atoms with Gasteiger partial charge in [-0.2, -0.15) is 18.3 Å². The molecule has 0 atom stereocenters. The zero-order valence-electron chi connectivity index (χ0n) is 16.1. The Morgan fingerprint density at radius 1 is 1.06 bits per heavy atom. The van der Waals surface area contributed by atoms with Gasteiger partial charge < -0.3 is 0 Å². The number of hydrogen-bond acceptors (Lipinski definition) is 5. The summed E-state index contributed by atoms with van der Waals surface area (Å²) in [5, 5.41) is 6.40. The van der Waals surface area contributed by atoms with Gasteiger partial charge in [0.15, 0.2) is 0 Å². The van der Waals surface area contributed by atoms with Crippen molar-refractivity contribution in [2.75, 3.05) is 4.72 Å². The number of aromatic amines is 1. The first-order chi connectivity index (χ1) is 15.5. The minimum Gasteiger partial charge on any atom is -0.287 e. The van der Waals surface area contributed by atoms with Gasteiger partial charge in [-0.3, -0.25) is 14.6 Å². The van der Waals surface area contributed by atoms with Crippen molar-refractivity contribution in [3.8, 4) is 0 Å². The number of benzene rings is 2. The SMILES string of the molecule is O=C(c1ncc(Cl)cc1NS(=O)(=O)c1ccc(Cl)c(C(F)(F)F)c1)c1cccc2[nH]ncc12. The lowest BCUT2D eigenvalue weighted by molar-refractivity contribution is -0.137. The molecule has 0 amide bonds. The number of carbonyl (C=O) groups is 1. The van der Waals surface area contributed by atoms with Crippen molar-refractivity contribution in [2.45, 2.75) is 11.1 Å². The number of nitrogens with zero attached hydrogens (tertiary/aromatic N) is 2. The molecule has 2 aromatic carbocycles. The fourth-order valence-electron chi connectivity index (χ4n) is 3.08. The second-order valence-corrected chi connectivity index (χ2v) is 9.29. The summed E-state index contributed by atoms with van der Waals surface area (Å²) in [4.78, 5) is 16.4. The summed E-state index contributed by atoms with van der Waals surface area (Å²) in [6.07, 6.45) is -2.30. The largest absolute Gasteiger partial charge is 0.417 e. The lowest BCUT2D eigenvalue weighted by Gasteiger charge is -2.14.